The van der Waals surface area contributed by atoms with Crippen LogP contribution >= 0.6 is 11.6 Å². The Morgan fingerprint density at radius 1 is 1.47 bits per heavy atom. The van der Waals surface area contributed by atoms with Crippen LogP contribution in [0.1, 0.15) is 6.23 Å². The average molecular weight is 263 g/mol. The monoisotopic (exact) mass is 262 g/mol. The largest absolute Gasteiger partial charge is 0.394 e. The molecule has 3 N–H and O–H groups in total. The maximum absolute atomic E-state index is 11.6. The van der Waals surface area contributed by atoms with E-state index in [1.807, 2.05) is 0 Å². The van der Waals surface area contributed by atoms with Gasteiger partial charge in [0.15, 0.2) is 6.23 Å². The van der Waals surface area contributed by atoms with Gasteiger partial charge in [-0.15, -0.1) is 0 Å². The van der Waals surface area contributed by atoms with Gasteiger partial charge in [0.2, 0.25) is 0 Å². The molecule has 4 atom stereocenters. The van der Waals surface area contributed by atoms with Gasteiger partial charge in [-0.3, -0.25) is 9.36 Å². The molecule has 1 aromatic heterocycles. The average Bonchev–Trinajstić information content (AvgIpc) is 2.57. The van der Waals surface area contributed by atoms with Gasteiger partial charge in [-0.1, -0.05) is 11.6 Å². The molecule has 0 spiro atoms. The van der Waals surface area contributed by atoms with Crippen molar-refractivity contribution in [1.82, 2.24) is 9.55 Å². The summed E-state index contributed by atoms with van der Waals surface area (Å²) < 4.78 is 6.18. The van der Waals surface area contributed by atoms with Crippen molar-refractivity contribution in [2.75, 3.05) is 6.61 Å². The van der Waals surface area contributed by atoms with Crippen molar-refractivity contribution in [2.45, 2.75) is 24.5 Å². The van der Waals surface area contributed by atoms with Gasteiger partial charge in [0, 0.05) is 6.07 Å². The molecule has 8 heteroatoms. The molecule has 0 aromatic carbocycles. The third kappa shape index (κ3) is 2.20. The van der Waals surface area contributed by atoms with Gasteiger partial charge in [-0.05, 0) is 0 Å². The van der Waals surface area contributed by atoms with Crippen LogP contribution in [-0.2, 0) is 4.74 Å². The molecule has 0 unspecified atom stereocenters. The van der Waals surface area contributed by atoms with Crippen molar-refractivity contribution in [3.63, 3.8) is 0 Å². The number of hydrogen-bond acceptors (Lipinski definition) is 6. The summed E-state index contributed by atoms with van der Waals surface area (Å²) in [6.45, 7) is -0.454. The summed E-state index contributed by atoms with van der Waals surface area (Å²) in [4.78, 5) is 15.3. The van der Waals surface area contributed by atoms with Crippen molar-refractivity contribution >= 4 is 11.6 Å². The third-order valence-corrected chi connectivity index (χ3v) is 2.80. The molecule has 0 radical (unpaired) electrons. The molecule has 1 aliphatic heterocycles. The fourth-order valence-corrected chi connectivity index (χ4v) is 1.83. The summed E-state index contributed by atoms with van der Waals surface area (Å²) in [6.07, 6.45) is -3.47. The van der Waals surface area contributed by atoms with Gasteiger partial charge in [0.25, 0.3) is 5.56 Å². The molecular formula is C9H11ClN2O5. The van der Waals surface area contributed by atoms with Crippen LogP contribution in [0.3, 0.4) is 0 Å². The first-order chi connectivity index (χ1) is 8.04. The normalized spacial score (nSPS) is 32.9. The van der Waals surface area contributed by atoms with E-state index in [9.17, 15) is 15.0 Å². The predicted octanol–water partition coefficient (Wildman–Crippen LogP) is -1.49. The van der Waals surface area contributed by atoms with Crippen molar-refractivity contribution in [3.8, 4) is 0 Å². The Kier molecular flexibility index (Phi) is 3.45. The minimum absolute atomic E-state index is 0.0259. The highest BCUT2D eigenvalue weighted by Crippen LogP contribution is 2.27. The zero-order chi connectivity index (χ0) is 12.6. The van der Waals surface area contributed by atoms with Crippen LogP contribution in [0, 0.1) is 0 Å². The molecule has 1 saturated heterocycles. The number of ether oxygens (including phenoxy) is 1. The van der Waals surface area contributed by atoms with Crippen LogP contribution in [0.2, 0.25) is 5.15 Å². The van der Waals surface area contributed by atoms with Crippen molar-refractivity contribution in [2.24, 2.45) is 0 Å². The van der Waals surface area contributed by atoms with Crippen molar-refractivity contribution < 1.29 is 20.1 Å². The Labute approximate surface area is 101 Å². The summed E-state index contributed by atoms with van der Waals surface area (Å²) >= 11 is 5.53. The summed E-state index contributed by atoms with van der Waals surface area (Å²) in [7, 11) is 0. The standard InChI is InChI=1S/C9H11ClN2O5/c10-5-1-6(14)12(3-11-5)9-8(16)7(15)4(2-13)17-9/h1,3-4,7-9,13,15-16H,2H2/t4-,7+,8+,9+/m0/s1. The highest BCUT2D eigenvalue weighted by Gasteiger charge is 2.43. The second-order valence-electron chi connectivity index (χ2n) is 3.69. The van der Waals surface area contributed by atoms with Crippen LogP contribution in [0.5, 0.6) is 0 Å². The highest BCUT2D eigenvalue weighted by molar-refractivity contribution is 6.29. The van der Waals surface area contributed by atoms with Gasteiger partial charge in [0.1, 0.15) is 29.8 Å². The lowest BCUT2D eigenvalue weighted by Crippen LogP contribution is -2.35. The van der Waals surface area contributed by atoms with E-state index in [1.54, 1.807) is 0 Å². The Morgan fingerprint density at radius 2 is 2.18 bits per heavy atom. The zero-order valence-corrected chi connectivity index (χ0v) is 9.36. The highest BCUT2D eigenvalue weighted by atomic mass is 35.5. The molecule has 94 valence electrons. The fourth-order valence-electron chi connectivity index (χ4n) is 1.69. The first-order valence-corrected chi connectivity index (χ1v) is 5.28. The second kappa shape index (κ2) is 4.71. The quantitative estimate of drug-likeness (QED) is 0.561. The summed E-state index contributed by atoms with van der Waals surface area (Å²) in [5.74, 6) is 0. The zero-order valence-electron chi connectivity index (χ0n) is 8.60. The summed E-state index contributed by atoms with van der Waals surface area (Å²) in [5.41, 5.74) is -0.514. The van der Waals surface area contributed by atoms with E-state index >= 15 is 0 Å². The lowest BCUT2D eigenvalue weighted by atomic mass is 10.1. The molecule has 1 aliphatic rings. The topological polar surface area (TPSA) is 105 Å². The molecule has 1 fully saturated rings. The molecule has 7 nitrogen and oxygen atoms in total. The van der Waals surface area contributed by atoms with Gasteiger partial charge >= 0.3 is 0 Å². The van der Waals surface area contributed by atoms with Crippen LogP contribution in [-0.4, -0.2) is 49.8 Å². The van der Waals surface area contributed by atoms with Crippen LogP contribution in [0.25, 0.3) is 0 Å². The first kappa shape index (κ1) is 12.5. The van der Waals surface area contributed by atoms with E-state index in [-0.39, 0.29) is 5.15 Å². The number of aromatic nitrogens is 2. The van der Waals surface area contributed by atoms with Crippen LogP contribution in [0.4, 0.5) is 0 Å². The van der Waals surface area contributed by atoms with Crippen LogP contribution < -0.4 is 5.56 Å². The number of aliphatic hydroxyl groups excluding tert-OH is 3. The molecule has 0 amide bonds. The molecular weight excluding hydrogens is 252 g/mol. The Morgan fingerprint density at radius 3 is 2.71 bits per heavy atom. The van der Waals surface area contributed by atoms with Crippen molar-refractivity contribution in [1.29, 1.82) is 0 Å². The number of nitrogens with zero attached hydrogens (tertiary/aromatic N) is 2. The number of halogens is 1. The number of hydrogen-bond donors (Lipinski definition) is 3. The van der Waals surface area contributed by atoms with Crippen molar-refractivity contribution in [3.05, 3.63) is 27.9 Å². The molecule has 2 heterocycles. The summed E-state index contributed by atoms with van der Waals surface area (Å²) in [6, 6.07) is 1.07. The predicted molar refractivity (Wildman–Crippen MR) is 56.5 cm³/mol. The Hall–Kier alpha value is -0.990. The molecule has 17 heavy (non-hydrogen) atoms. The maximum Gasteiger partial charge on any atom is 0.257 e. The lowest BCUT2D eigenvalue weighted by Gasteiger charge is -2.16. The van der Waals surface area contributed by atoms with E-state index < -0.39 is 36.7 Å². The maximum atomic E-state index is 11.6. The number of aliphatic hydroxyl groups is 3. The fraction of sp³-hybridized carbons (Fsp3) is 0.556. The minimum atomic E-state index is -1.31. The van der Waals surface area contributed by atoms with E-state index in [2.05, 4.69) is 4.98 Å². The van der Waals surface area contributed by atoms with Gasteiger partial charge < -0.3 is 20.1 Å². The van der Waals surface area contributed by atoms with Crippen LogP contribution in [0.15, 0.2) is 17.2 Å². The van der Waals surface area contributed by atoms with E-state index in [0.29, 0.717) is 0 Å². The first-order valence-electron chi connectivity index (χ1n) is 4.90. The SMILES string of the molecule is O=c1cc(Cl)ncn1[C@@H]1O[C@@H](CO)[C@@H](O)[C@H]1O. The molecule has 1 aromatic rings. The number of rotatable bonds is 2. The van der Waals surface area contributed by atoms with E-state index in [0.717, 1.165) is 17.0 Å². The third-order valence-electron chi connectivity index (χ3n) is 2.59. The molecule has 2 rings (SSSR count). The minimum Gasteiger partial charge on any atom is -0.394 e. The van der Waals surface area contributed by atoms with Gasteiger partial charge in [-0.25, -0.2) is 4.98 Å². The summed E-state index contributed by atoms with van der Waals surface area (Å²) in [5, 5.41) is 28.2. The smallest absolute Gasteiger partial charge is 0.257 e. The van der Waals surface area contributed by atoms with E-state index in [1.165, 1.54) is 0 Å². The molecule has 0 aliphatic carbocycles. The lowest BCUT2D eigenvalue weighted by molar-refractivity contribution is -0.0548. The molecule has 0 saturated carbocycles. The van der Waals surface area contributed by atoms with Gasteiger partial charge in [-0.2, -0.15) is 0 Å². The van der Waals surface area contributed by atoms with E-state index in [4.69, 9.17) is 21.4 Å². The molecule has 0 bridgehead atoms. The Bertz CT molecular complexity index is 465. The second-order valence-corrected chi connectivity index (χ2v) is 4.07. The Balaban J connectivity index is 2.32. The van der Waals surface area contributed by atoms with Gasteiger partial charge in [0.05, 0.1) is 6.61 Å².